The van der Waals surface area contributed by atoms with E-state index >= 15 is 0 Å². The molecule has 23 heavy (non-hydrogen) atoms. The summed E-state index contributed by atoms with van der Waals surface area (Å²) in [6.45, 7) is 5.81. The SMILES string of the molecule is Cc1ccc(C(=O)N(C)C)cc1NC(=O)N[C@@H](CO)CC(C)C. The molecule has 0 unspecified atom stereocenters. The Hall–Kier alpha value is -2.08. The molecule has 6 nitrogen and oxygen atoms in total. The summed E-state index contributed by atoms with van der Waals surface area (Å²) in [4.78, 5) is 25.6. The van der Waals surface area contributed by atoms with Crippen molar-refractivity contribution in [3.05, 3.63) is 29.3 Å². The van der Waals surface area contributed by atoms with E-state index < -0.39 is 0 Å². The Morgan fingerprint density at radius 2 is 1.91 bits per heavy atom. The topological polar surface area (TPSA) is 81.7 Å². The van der Waals surface area contributed by atoms with E-state index in [9.17, 15) is 14.7 Å². The molecule has 3 N–H and O–H groups in total. The van der Waals surface area contributed by atoms with Crippen molar-refractivity contribution in [1.82, 2.24) is 10.2 Å². The molecule has 6 heteroatoms. The molecule has 1 aromatic carbocycles. The maximum atomic E-state index is 12.1. The van der Waals surface area contributed by atoms with Crippen molar-refractivity contribution in [1.29, 1.82) is 0 Å². The number of aliphatic hydroxyl groups excluding tert-OH is 1. The number of amides is 3. The molecule has 3 amide bonds. The van der Waals surface area contributed by atoms with Crippen LogP contribution in [0.4, 0.5) is 10.5 Å². The Bertz CT molecular complexity index is 556. The molecule has 0 fully saturated rings. The number of benzene rings is 1. The number of carbonyl (C=O) groups excluding carboxylic acids is 2. The van der Waals surface area contributed by atoms with Gasteiger partial charge in [-0.15, -0.1) is 0 Å². The number of anilines is 1. The standard InChI is InChI=1S/C17H27N3O3/c1-11(2)8-14(10-21)18-17(23)19-15-9-13(7-6-12(15)3)16(22)20(4)5/h6-7,9,11,14,21H,8,10H2,1-5H3,(H2,18,19,23)/t14-/m1/s1. The van der Waals surface area contributed by atoms with Crippen LogP contribution in [0.25, 0.3) is 0 Å². The predicted molar refractivity (Wildman–Crippen MR) is 91.7 cm³/mol. The number of nitrogens with one attached hydrogen (secondary N) is 2. The molecule has 0 bridgehead atoms. The van der Waals surface area contributed by atoms with Gasteiger partial charge in [0.1, 0.15) is 0 Å². The summed E-state index contributed by atoms with van der Waals surface area (Å²) in [6, 6.07) is 4.51. The zero-order valence-electron chi connectivity index (χ0n) is 14.5. The van der Waals surface area contributed by atoms with E-state index in [1.165, 1.54) is 4.90 Å². The number of aryl methyl sites for hydroxylation is 1. The van der Waals surface area contributed by atoms with Crippen LogP contribution < -0.4 is 10.6 Å². The summed E-state index contributed by atoms with van der Waals surface area (Å²) in [5.74, 6) is 0.247. The zero-order valence-corrected chi connectivity index (χ0v) is 14.5. The van der Waals surface area contributed by atoms with Crippen molar-refractivity contribution in [3.63, 3.8) is 0 Å². The molecule has 0 radical (unpaired) electrons. The number of carbonyl (C=O) groups is 2. The average molecular weight is 321 g/mol. The molecule has 0 saturated carbocycles. The monoisotopic (exact) mass is 321 g/mol. The van der Waals surface area contributed by atoms with E-state index in [2.05, 4.69) is 10.6 Å². The van der Waals surface area contributed by atoms with Gasteiger partial charge in [-0.05, 0) is 37.0 Å². The quantitative estimate of drug-likeness (QED) is 0.751. The molecule has 0 heterocycles. The molecule has 1 atom stereocenters. The van der Waals surface area contributed by atoms with Gasteiger partial charge in [-0.3, -0.25) is 4.79 Å². The Morgan fingerprint density at radius 1 is 1.26 bits per heavy atom. The minimum Gasteiger partial charge on any atom is -0.394 e. The van der Waals surface area contributed by atoms with Gasteiger partial charge in [0.2, 0.25) is 0 Å². The van der Waals surface area contributed by atoms with Crippen LogP contribution in [0.2, 0.25) is 0 Å². The Balaban J connectivity index is 2.81. The normalized spacial score (nSPS) is 12.0. The van der Waals surface area contributed by atoms with Crippen LogP contribution in [0.5, 0.6) is 0 Å². The molecule has 1 rings (SSSR count). The van der Waals surface area contributed by atoms with Crippen molar-refractivity contribution < 1.29 is 14.7 Å². The Morgan fingerprint density at radius 3 is 2.43 bits per heavy atom. The molecule has 0 spiro atoms. The Labute approximate surface area is 137 Å². The molecular weight excluding hydrogens is 294 g/mol. The highest BCUT2D eigenvalue weighted by Crippen LogP contribution is 2.18. The molecule has 128 valence electrons. The fourth-order valence-electron chi connectivity index (χ4n) is 2.24. The van der Waals surface area contributed by atoms with Gasteiger partial charge in [-0.2, -0.15) is 0 Å². The van der Waals surface area contributed by atoms with Crippen molar-refractivity contribution >= 4 is 17.6 Å². The molecule has 0 aromatic heterocycles. The average Bonchev–Trinajstić information content (AvgIpc) is 2.47. The summed E-state index contributed by atoms with van der Waals surface area (Å²) in [5.41, 5.74) is 1.95. The third-order valence-corrected chi connectivity index (χ3v) is 3.45. The summed E-state index contributed by atoms with van der Waals surface area (Å²) < 4.78 is 0. The highest BCUT2D eigenvalue weighted by molar-refractivity contribution is 5.97. The molecule has 0 aliphatic heterocycles. The number of aliphatic hydroxyl groups is 1. The summed E-state index contributed by atoms with van der Waals surface area (Å²) in [7, 11) is 3.36. The maximum absolute atomic E-state index is 12.1. The number of nitrogens with zero attached hydrogens (tertiary/aromatic N) is 1. The van der Waals surface area contributed by atoms with E-state index in [0.717, 1.165) is 5.56 Å². The summed E-state index contributed by atoms with van der Waals surface area (Å²) >= 11 is 0. The first-order chi connectivity index (χ1) is 10.7. The van der Waals surface area contributed by atoms with E-state index in [1.54, 1.807) is 32.3 Å². The van der Waals surface area contributed by atoms with Crippen LogP contribution in [0.1, 0.15) is 36.2 Å². The predicted octanol–water partition coefficient (Wildman–Crippen LogP) is 2.23. The van der Waals surface area contributed by atoms with Crippen LogP contribution >= 0.6 is 0 Å². The second-order valence-electron chi connectivity index (χ2n) is 6.34. The Kier molecular flexibility index (Phi) is 7.03. The van der Waals surface area contributed by atoms with Crippen LogP contribution in [-0.2, 0) is 0 Å². The lowest BCUT2D eigenvalue weighted by molar-refractivity contribution is 0.0827. The van der Waals surface area contributed by atoms with Gasteiger partial charge in [0.05, 0.1) is 12.6 Å². The van der Waals surface area contributed by atoms with Crippen LogP contribution in [0.3, 0.4) is 0 Å². The maximum Gasteiger partial charge on any atom is 0.319 e. The minimum absolute atomic E-state index is 0.107. The van der Waals surface area contributed by atoms with Crippen LogP contribution in [-0.4, -0.2) is 48.7 Å². The first-order valence-electron chi connectivity index (χ1n) is 7.75. The molecule has 1 aromatic rings. The van der Waals surface area contributed by atoms with Crippen molar-refractivity contribution in [2.75, 3.05) is 26.0 Å². The number of rotatable bonds is 6. The van der Waals surface area contributed by atoms with Crippen LogP contribution in [0.15, 0.2) is 18.2 Å². The third-order valence-electron chi connectivity index (χ3n) is 3.45. The van der Waals surface area contributed by atoms with Gasteiger partial charge in [0, 0.05) is 25.3 Å². The lowest BCUT2D eigenvalue weighted by atomic mass is 10.0. The van der Waals surface area contributed by atoms with Gasteiger partial charge in [-0.1, -0.05) is 19.9 Å². The van der Waals surface area contributed by atoms with Crippen molar-refractivity contribution in [2.45, 2.75) is 33.2 Å². The van der Waals surface area contributed by atoms with Gasteiger partial charge in [-0.25, -0.2) is 4.79 Å². The van der Waals surface area contributed by atoms with Gasteiger partial charge < -0.3 is 20.6 Å². The van der Waals surface area contributed by atoms with E-state index in [-0.39, 0.29) is 24.6 Å². The number of hydrogen-bond donors (Lipinski definition) is 3. The van der Waals surface area contributed by atoms with Gasteiger partial charge in [0.15, 0.2) is 0 Å². The smallest absolute Gasteiger partial charge is 0.319 e. The first-order valence-corrected chi connectivity index (χ1v) is 7.75. The van der Waals surface area contributed by atoms with Crippen molar-refractivity contribution in [2.24, 2.45) is 5.92 Å². The third kappa shape index (κ3) is 5.90. The molecule has 0 aliphatic rings. The van der Waals surface area contributed by atoms with Gasteiger partial charge in [0.25, 0.3) is 5.91 Å². The van der Waals surface area contributed by atoms with E-state index in [1.807, 2.05) is 20.8 Å². The fourth-order valence-corrected chi connectivity index (χ4v) is 2.24. The minimum atomic E-state index is -0.387. The van der Waals surface area contributed by atoms with Gasteiger partial charge >= 0.3 is 6.03 Å². The van der Waals surface area contributed by atoms with E-state index in [0.29, 0.717) is 23.6 Å². The van der Waals surface area contributed by atoms with Crippen molar-refractivity contribution in [3.8, 4) is 0 Å². The highest BCUT2D eigenvalue weighted by atomic mass is 16.3. The summed E-state index contributed by atoms with van der Waals surface area (Å²) in [5, 5.41) is 14.8. The lowest BCUT2D eigenvalue weighted by Crippen LogP contribution is -2.41. The summed E-state index contributed by atoms with van der Waals surface area (Å²) in [6.07, 6.45) is 0.696. The first kappa shape index (κ1) is 19.0. The largest absolute Gasteiger partial charge is 0.394 e. The highest BCUT2D eigenvalue weighted by Gasteiger charge is 2.15. The molecule has 0 saturated heterocycles. The molecular formula is C17H27N3O3. The second-order valence-corrected chi connectivity index (χ2v) is 6.34. The van der Waals surface area contributed by atoms with Crippen LogP contribution in [0, 0.1) is 12.8 Å². The number of hydrogen-bond acceptors (Lipinski definition) is 3. The zero-order chi connectivity index (χ0) is 17.6. The number of urea groups is 1. The second kappa shape index (κ2) is 8.53. The van der Waals surface area contributed by atoms with E-state index in [4.69, 9.17) is 0 Å². The lowest BCUT2D eigenvalue weighted by Gasteiger charge is -2.19. The fraction of sp³-hybridized carbons (Fsp3) is 0.529. The molecule has 0 aliphatic carbocycles.